The molecule has 1 saturated carbocycles. The van der Waals surface area contributed by atoms with Gasteiger partial charge in [0.25, 0.3) is 0 Å². The molecule has 20 heavy (non-hydrogen) atoms. The predicted molar refractivity (Wildman–Crippen MR) is 85.1 cm³/mol. The number of amides is 1. The first-order valence-corrected chi connectivity index (χ1v) is 9.60. The Labute approximate surface area is 127 Å². The standard InChI is InChI=1S/C16H28N2OS/c19-16(14-6-1-2-7-14)18-10-5-11-20-13-15(18)12-17-8-3-4-9-17/h14-15H,1-13H2/t15-/m0/s1. The van der Waals surface area contributed by atoms with Crippen LogP contribution < -0.4 is 0 Å². The predicted octanol–water partition coefficient (Wildman–Crippen LogP) is 2.61. The summed E-state index contributed by atoms with van der Waals surface area (Å²) in [7, 11) is 0. The van der Waals surface area contributed by atoms with Crippen molar-refractivity contribution < 1.29 is 4.79 Å². The second-order valence-corrected chi connectivity index (χ2v) is 7.75. The number of hydrogen-bond acceptors (Lipinski definition) is 3. The van der Waals surface area contributed by atoms with E-state index < -0.39 is 0 Å². The van der Waals surface area contributed by atoms with E-state index in [2.05, 4.69) is 21.6 Å². The monoisotopic (exact) mass is 296 g/mol. The number of carbonyl (C=O) groups excluding carboxylic acids is 1. The Morgan fingerprint density at radius 2 is 1.75 bits per heavy atom. The summed E-state index contributed by atoms with van der Waals surface area (Å²) in [6.45, 7) is 4.60. The van der Waals surface area contributed by atoms with E-state index in [1.54, 1.807) is 0 Å². The fourth-order valence-electron chi connectivity index (χ4n) is 3.94. The van der Waals surface area contributed by atoms with E-state index in [9.17, 15) is 4.79 Å². The zero-order chi connectivity index (χ0) is 13.8. The van der Waals surface area contributed by atoms with Crippen LogP contribution in [0.3, 0.4) is 0 Å². The molecule has 0 spiro atoms. The van der Waals surface area contributed by atoms with Gasteiger partial charge in [0.2, 0.25) is 5.91 Å². The first-order chi connectivity index (χ1) is 9.84. The third-order valence-corrected chi connectivity index (χ3v) is 6.29. The van der Waals surface area contributed by atoms with E-state index in [0.717, 1.165) is 31.7 Å². The van der Waals surface area contributed by atoms with E-state index in [0.29, 0.717) is 17.9 Å². The van der Waals surface area contributed by atoms with Crippen LogP contribution in [0.4, 0.5) is 0 Å². The van der Waals surface area contributed by atoms with Crippen molar-refractivity contribution >= 4 is 17.7 Å². The normalized spacial score (nSPS) is 29.8. The van der Waals surface area contributed by atoms with Crippen LogP contribution in [0, 0.1) is 5.92 Å². The fraction of sp³-hybridized carbons (Fsp3) is 0.938. The van der Waals surface area contributed by atoms with Crippen LogP contribution in [0.2, 0.25) is 0 Å². The van der Waals surface area contributed by atoms with Crippen LogP contribution in [0.15, 0.2) is 0 Å². The van der Waals surface area contributed by atoms with Gasteiger partial charge >= 0.3 is 0 Å². The number of carbonyl (C=O) groups is 1. The summed E-state index contributed by atoms with van der Waals surface area (Å²) < 4.78 is 0. The molecule has 1 aliphatic carbocycles. The minimum Gasteiger partial charge on any atom is -0.337 e. The second-order valence-electron chi connectivity index (χ2n) is 6.60. The molecule has 1 amide bonds. The number of thioether (sulfide) groups is 1. The highest BCUT2D eigenvalue weighted by Gasteiger charge is 2.33. The molecule has 0 aromatic rings. The highest BCUT2D eigenvalue weighted by atomic mass is 32.2. The number of hydrogen-bond donors (Lipinski definition) is 0. The smallest absolute Gasteiger partial charge is 0.226 e. The van der Waals surface area contributed by atoms with Crippen molar-refractivity contribution in [1.29, 1.82) is 0 Å². The van der Waals surface area contributed by atoms with Crippen molar-refractivity contribution in [1.82, 2.24) is 9.80 Å². The lowest BCUT2D eigenvalue weighted by molar-refractivity contribution is -0.137. The molecular formula is C16H28N2OS. The number of nitrogens with zero attached hydrogens (tertiary/aromatic N) is 2. The van der Waals surface area contributed by atoms with Crippen LogP contribution in [0.25, 0.3) is 0 Å². The SMILES string of the molecule is O=C(C1CCCC1)N1CCCSC[C@@H]1CN1CCCC1. The van der Waals surface area contributed by atoms with Gasteiger partial charge in [-0.3, -0.25) is 4.79 Å². The molecule has 2 heterocycles. The maximum atomic E-state index is 12.8. The average molecular weight is 296 g/mol. The zero-order valence-electron chi connectivity index (χ0n) is 12.6. The van der Waals surface area contributed by atoms with Gasteiger partial charge in [-0.2, -0.15) is 11.8 Å². The van der Waals surface area contributed by atoms with Crippen molar-refractivity contribution in [2.45, 2.75) is 51.0 Å². The molecule has 3 nitrogen and oxygen atoms in total. The second kappa shape index (κ2) is 7.17. The van der Waals surface area contributed by atoms with Gasteiger partial charge in [-0.1, -0.05) is 12.8 Å². The molecule has 0 aromatic carbocycles. The van der Waals surface area contributed by atoms with E-state index in [-0.39, 0.29) is 0 Å². The maximum absolute atomic E-state index is 12.8. The number of rotatable bonds is 3. The summed E-state index contributed by atoms with van der Waals surface area (Å²) in [4.78, 5) is 17.7. The summed E-state index contributed by atoms with van der Waals surface area (Å²) in [6.07, 6.45) is 8.66. The van der Waals surface area contributed by atoms with Crippen molar-refractivity contribution in [3.63, 3.8) is 0 Å². The van der Waals surface area contributed by atoms with Crippen LogP contribution in [0.5, 0.6) is 0 Å². The lowest BCUT2D eigenvalue weighted by Crippen LogP contribution is -2.49. The molecule has 4 heteroatoms. The molecule has 0 bridgehead atoms. The summed E-state index contributed by atoms with van der Waals surface area (Å²) >= 11 is 2.05. The van der Waals surface area contributed by atoms with Crippen LogP contribution in [0.1, 0.15) is 44.9 Å². The van der Waals surface area contributed by atoms with Crippen LogP contribution >= 0.6 is 11.8 Å². The van der Waals surface area contributed by atoms with Crippen molar-refractivity contribution in [2.75, 3.05) is 37.7 Å². The lowest BCUT2D eigenvalue weighted by atomic mass is 10.0. The van der Waals surface area contributed by atoms with Gasteiger partial charge in [0.05, 0.1) is 6.04 Å². The minimum atomic E-state index is 0.346. The van der Waals surface area contributed by atoms with Gasteiger partial charge in [-0.25, -0.2) is 0 Å². The Bertz CT molecular complexity index is 324. The van der Waals surface area contributed by atoms with Crippen molar-refractivity contribution in [3.8, 4) is 0 Å². The minimum absolute atomic E-state index is 0.346. The Hall–Kier alpha value is -0.220. The summed E-state index contributed by atoms with van der Waals surface area (Å²) in [5.41, 5.74) is 0. The summed E-state index contributed by atoms with van der Waals surface area (Å²) in [5, 5.41) is 0. The topological polar surface area (TPSA) is 23.6 Å². The van der Waals surface area contributed by atoms with Gasteiger partial charge in [-0.05, 0) is 50.9 Å². The highest BCUT2D eigenvalue weighted by molar-refractivity contribution is 7.99. The molecule has 0 unspecified atom stereocenters. The van der Waals surface area contributed by atoms with Gasteiger partial charge < -0.3 is 9.80 Å². The quantitative estimate of drug-likeness (QED) is 0.800. The largest absolute Gasteiger partial charge is 0.337 e. The number of likely N-dealkylation sites (tertiary alicyclic amines) is 1. The molecule has 2 saturated heterocycles. The van der Waals surface area contributed by atoms with E-state index in [4.69, 9.17) is 0 Å². The Morgan fingerprint density at radius 1 is 1.00 bits per heavy atom. The third kappa shape index (κ3) is 3.51. The zero-order valence-corrected chi connectivity index (χ0v) is 13.4. The highest BCUT2D eigenvalue weighted by Crippen LogP contribution is 2.29. The molecule has 0 aromatic heterocycles. The van der Waals surface area contributed by atoms with Gasteiger partial charge in [0.1, 0.15) is 0 Å². The third-order valence-electron chi connectivity index (χ3n) is 5.09. The van der Waals surface area contributed by atoms with Crippen molar-refractivity contribution in [2.24, 2.45) is 5.92 Å². The molecular weight excluding hydrogens is 268 g/mol. The molecule has 2 aliphatic heterocycles. The Morgan fingerprint density at radius 3 is 2.50 bits per heavy atom. The Kier molecular flexibility index (Phi) is 5.27. The van der Waals surface area contributed by atoms with Crippen LogP contribution in [-0.4, -0.2) is 59.4 Å². The first-order valence-electron chi connectivity index (χ1n) is 8.45. The molecule has 114 valence electrons. The first kappa shape index (κ1) is 14.7. The van der Waals surface area contributed by atoms with E-state index in [1.807, 2.05) is 0 Å². The molecule has 1 atom stereocenters. The lowest BCUT2D eigenvalue weighted by Gasteiger charge is -2.34. The molecule has 3 rings (SSSR count). The Balaban J connectivity index is 1.64. The van der Waals surface area contributed by atoms with E-state index in [1.165, 1.54) is 50.9 Å². The molecule has 0 radical (unpaired) electrons. The molecule has 3 aliphatic rings. The van der Waals surface area contributed by atoms with Crippen LogP contribution in [-0.2, 0) is 4.79 Å². The van der Waals surface area contributed by atoms with E-state index >= 15 is 0 Å². The molecule has 3 fully saturated rings. The molecule has 0 N–H and O–H groups in total. The summed E-state index contributed by atoms with van der Waals surface area (Å²) in [5.74, 6) is 3.20. The van der Waals surface area contributed by atoms with Gasteiger partial charge in [0.15, 0.2) is 0 Å². The fourth-order valence-corrected chi connectivity index (χ4v) is 5.00. The maximum Gasteiger partial charge on any atom is 0.226 e. The average Bonchev–Trinajstić information content (AvgIpc) is 3.10. The van der Waals surface area contributed by atoms with Gasteiger partial charge in [0, 0.05) is 24.8 Å². The van der Waals surface area contributed by atoms with Gasteiger partial charge in [-0.15, -0.1) is 0 Å². The summed E-state index contributed by atoms with van der Waals surface area (Å²) in [6, 6.07) is 0.466. The van der Waals surface area contributed by atoms with Crippen molar-refractivity contribution in [3.05, 3.63) is 0 Å².